The quantitative estimate of drug-likeness (QED) is 0.824. The number of carbonyl (C=O) groups is 1. The van der Waals surface area contributed by atoms with Gasteiger partial charge in [0.05, 0.1) is 0 Å². The SMILES string of the molecule is N[C@@H](C(=O)Nc1cccnn1)c1ccccc1. The first-order valence-electron chi connectivity index (χ1n) is 5.16. The second kappa shape index (κ2) is 5.18. The molecule has 0 aliphatic rings. The van der Waals surface area contributed by atoms with Gasteiger partial charge in [0.25, 0.3) is 0 Å². The van der Waals surface area contributed by atoms with Crippen molar-refractivity contribution < 1.29 is 4.79 Å². The standard InChI is InChI=1S/C12H12N4O/c13-11(9-5-2-1-3-6-9)12(17)15-10-7-4-8-14-16-10/h1-8,11H,13H2,(H,15,16,17)/t11-/m1/s1. The van der Waals surface area contributed by atoms with Gasteiger partial charge < -0.3 is 11.1 Å². The summed E-state index contributed by atoms with van der Waals surface area (Å²) in [4.78, 5) is 11.8. The number of hydrogen-bond donors (Lipinski definition) is 2. The molecule has 3 N–H and O–H groups in total. The number of carbonyl (C=O) groups excluding carboxylic acids is 1. The summed E-state index contributed by atoms with van der Waals surface area (Å²) in [6.07, 6.45) is 1.53. The lowest BCUT2D eigenvalue weighted by molar-refractivity contribution is -0.117. The highest BCUT2D eigenvalue weighted by atomic mass is 16.2. The molecule has 5 nitrogen and oxygen atoms in total. The van der Waals surface area contributed by atoms with E-state index in [2.05, 4.69) is 15.5 Å². The second-order valence-electron chi connectivity index (χ2n) is 3.49. The summed E-state index contributed by atoms with van der Waals surface area (Å²) in [5, 5.41) is 10.0. The number of nitrogens with one attached hydrogen (secondary N) is 1. The third-order valence-electron chi connectivity index (χ3n) is 2.26. The normalized spacial score (nSPS) is 11.8. The van der Waals surface area contributed by atoms with Crippen molar-refractivity contribution in [2.24, 2.45) is 5.73 Å². The lowest BCUT2D eigenvalue weighted by atomic mass is 10.1. The molecule has 1 heterocycles. The molecule has 0 aliphatic heterocycles. The number of aromatic nitrogens is 2. The van der Waals surface area contributed by atoms with Crippen LogP contribution in [-0.4, -0.2) is 16.1 Å². The zero-order valence-corrected chi connectivity index (χ0v) is 9.08. The van der Waals surface area contributed by atoms with Gasteiger partial charge in [-0.3, -0.25) is 4.79 Å². The van der Waals surface area contributed by atoms with E-state index in [1.807, 2.05) is 18.2 Å². The lowest BCUT2D eigenvalue weighted by Gasteiger charge is -2.11. The maximum absolute atomic E-state index is 11.8. The van der Waals surface area contributed by atoms with Crippen LogP contribution in [0.5, 0.6) is 0 Å². The Morgan fingerprint density at radius 3 is 2.59 bits per heavy atom. The van der Waals surface area contributed by atoms with Crippen molar-refractivity contribution in [2.45, 2.75) is 6.04 Å². The number of nitrogens with zero attached hydrogens (tertiary/aromatic N) is 2. The second-order valence-corrected chi connectivity index (χ2v) is 3.49. The molecular weight excluding hydrogens is 216 g/mol. The number of hydrogen-bond acceptors (Lipinski definition) is 4. The molecule has 2 rings (SSSR count). The molecule has 1 amide bonds. The Labute approximate surface area is 98.7 Å². The molecule has 0 radical (unpaired) electrons. The van der Waals surface area contributed by atoms with E-state index in [1.165, 1.54) is 6.20 Å². The van der Waals surface area contributed by atoms with Crippen LogP contribution in [0, 0.1) is 0 Å². The summed E-state index contributed by atoms with van der Waals surface area (Å²) in [5.41, 5.74) is 6.58. The van der Waals surface area contributed by atoms with Crippen LogP contribution in [0.1, 0.15) is 11.6 Å². The van der Waals surface area contributed by atoms with Gasteiger partial charge in [-0.25, -0.2) is 0 Å². The van der Waals surface area contributed by atoms with E-state index in [-0.39, 0.29) is 5.91 Å². The first-order chi connectivity index (χ1) is 8.27. The maximum Gasteiger partial charge on any atom is 0.247 e. The van der Waals surface area contributed by atoms with Crippen LogP contribution >= 0.6 is 0 Å². The van der Waals surface area contributed by atoms with Gasteiger partial charge in [0.2, 0.25) is 5.91 Å². The number of rotatable bonds is 3. The van der Waals surface area contributed by atoms with Crippen molar-refractivity contribution >= 4 is 11.7 Å². The highest BCUT2D eigenvalue weighted by Gasteiger charge is 2.15. The molecule has 1 aromatic carbocycles. The van der Waals surface area contributed by atoms with Gasteiger partial charge in [0, 0.05) is 6.20 Å². The monoisotopic (exact) mass is 228 g/mol. The van der Waals surface area contributed by atoms with E-state index in [9.17, 15) is 4.79 Å². The highest BCUT2D eigenvalue weighted by molar-refractivity contribution is 5.94. The topological polar surface area (TPSA) is 80.9 Å². The predicted octanol–water partition coefficient (Wildman–Crippen LogP) is 1.12. The van der Waals surface area contributed by atoms with E-state index < -0.39 is 6.04 Å². The molecule has 1 aromatic heterocycles. The van der Waals surface area contributed by atoms with Gasteiger partial charge in [-0.2, -0.15) is 5.10 Å². The van der Waals surface area contributed by atoms with Gasteiger partial charge in [-0.05, 0) is 17.7 Å². The minimum Gasteiger partial charge on any atom is -0.316 e. The van der Waals surface area contributed by atoms with Crippen molar-refractivity contribution in [3.63, 3.8) is 0 Å². The fraction of sp³-hybridized carbons (Fsp3) is 0.0833. The summed E-state index contributed by atoms with van der Waals surface area (Å²) in [5.74, 6) is 0.0839. The third kappa shape index (κ3) is 2.85. The van der Waals surface area contributed by atoms with Crippen LogP contribution in [-0.2, 0) is 4.79 Å². The van der Waals surface area contributed by atoms with Crippen LogP contribution in [0.3, 0.4) is 0 Å². The van der Waals surface area contributed by atoms with Crippen molar-refractivity contribution in [2.75, 3.05) is 5.32 Å². The van der Waals surface area contributed by atoms with E-state index >= 15 is 0 Å². The van der Waals surface area contributed by atoms with E-state index in [0.29, 0.717) is 5.82 Å². The minimum absolute atomic E-state index is 0.309. The first kappa shape index (κ1) is 11.2. The number of nitrogens with two attached hydrogens (primary N) is 1. The maximum atomic E-state index is 11.8. The highest BCUT2D eigenvalue weighted by Crippen LogP contribution is 2.11. The average molecular weight is 228 g/mol. The largest absolute Gasteiger partial charge is 0.316 e. The molecular formula is C12H12N4O. The van der Waals surface area contributed by atoms with Crippen molar-refractivity contribution in [3.8, 4) is 0 Å². The Kier molecular flexibility index (Phi) is 3.42. The van der Waals surface area contributed by atoms with Crippen LogP contribution < -0.4 is 11.1 Å². The molecule has 5 heteroatoms. The summed E-state index contributed by atoms with van der Waals surface area (Å²) in [7, 11) is 0. The van der Waals surface area contributed by atoms with Gasteiger partial charge in [0.1, 0.15) is 6.04 Å². The summed E-state index contributed by atoms with van der Waals surface area (Å²) in [6.45, 7) is 0. The number of benzene rings is 1. The number of amides is 1. The molecule has 0 aliphatic carbocycles. The van der Waals surface area contributed by atoms with Crippen molar-refractivity contribution in [3.05, 3.63) is 54.2 Å². The van der Waals surface area contributed by atoms with Crippen LogP contribution in [0.15, 0.2) is 48.7 Å². The van der Waals surface area contributed by atoms with Gasteiger partial charge in [-0.15, -0.1) is 5.10 Å². The van der Waals surface area contributed by atoms with Crippen molar-refractivity contribution in [1.29, 1.82) is 0 Å². The Morgan fingerprint density at radius 2 is 1.94 bits per heavy atom. The van der Waals surface area contributed by atoms with Crippen LogP contribution in [0.25, 0.3) is 0 Å². The average Bonchev–Trinajstić information content (AvgIpc) is 2.40. The molecule has 0 bridgehead atoms. The summed E-state index contributed by atoms with van der Waals surface area (Å²) < 4.78 is 0. The van der Waals surface area contributed by atoms with E-state index in [4.69, 9.17) is 5.73 Å². The minimum atomic E-state index is -0.710. The van der Waals surface area contributed by atoms with E-state index in [0.717, 1.165) is 5.56 Å². The van der Waals surface area contributed by atoms with Crippen LogP contribution in [0.4, 0.5) is 5.82 Å². The number of anilines is 1. The van der Waals surface area contributed by atoms with Crippen LogP contribution in [0.2, 0.25) is 0 Å². The molecule has 2 aromatic rings. The van der Waals surface area contributed by atoms with Crippen molar-refractivity contribution in [1.82, 2.24) is 10.2 Å². The fourth-order valence-electron chi connectivity index (χ4n) is 1.38. The Balaban J connectivity index is 2.06. The molecule has 17 heavy (non-hydrogen) atoms. The molecule has 0 fully saturated rings. The summed E-state index contributed by atoms with van der Waals surface area (Å²) in [6, 6.07) is 11.8. The zero-order chi connectivity index (χ0) is 12.1. The van der Waals surface area contributed by atoms with Gasteiger partial charge in [-0.1, -0.05) is 30.3 Å². The zero-order valence-electron chi connectivity index (χ0n) is 9.08. The lowest BCUT2D eigenvalue weighted by Crippen LogP contribution is -2.28. The Morgan fingerprint density at radius 1 is 1.18 bits per heavy atom. The molecule has 1 atom stereocenters. The predicted molar refractivity (Wildman–Crippen MR) is 64.0 cm³/mol. The molecule has 0 unspecified atom stereocenters. The third-order valence-corrected chi connectivity index (χ3v) is 2.26. The van der Waals surface area contributed by atoms with Gasteiger partial charge >= 0.3 is 0 Å². The van der Waals surface area contributed by atoms with E-state index in [1.54, 1.807) is 24.3 Å². The van der Waals surface area contributed by atoms with Gasteiger partial charge in [0.15, 0.2) is 5.82 Å². The Hall–Kier alpha value is -2.27. The first-order valence-corrected chi connectivity index (χ1v) is 5.16. The summed E-state index contributed by atoms with van der Waals surface area (Å²) >= 11 is 0. The fourth-order valence-corrected chi connectivity index (χ4v) is 1.38. The Bertz CT molecular complexity index is 486. The molecule has 0 saturated heterocycles. The molecule has 0 spiro atoms. The molecule has 86 valence electrons. The smallest absolute Gasteiger partial charge is 0.247 e. The molecule has 0 saturated carbocycles.